The summed E-state index contributed by atoms with van der Waals surface area (Å²) < 4.78 is 0. The molecule has 1 fully saturated rings. The van der Waals surface area contributed by atoms with Crippen molar-refractivity contribution in [3.8, 4) is 0 Å². The number of carbonyl (C=O) groups excluding carboxylic acids is 1. The normalized spacial score (nSPS) is 16.8. The molecule has 0 heterocycles. The monoisotopic (exact) mass is 231 g/mol. The topological polar surface area (TPSA) is 29.1 Å². The predicted octanol–water partition coefficient (Wildman–Crippen LogP) is 3.77. The average Bonchev–Trinajstić information content (AvgIpc) is 2.40. The van der Waals surface area contributed by atoms with Crippen LogP contribution in [0.3, 0.4) is 0 Å². The summed E-state index contributed by atoms with van der Waals surface area (Å²) in [6.07, 6.45) is 6.84. The van der Waals surface area contributed by atoms with Gasteiger partial charge in [-0.15, -0.1) is 0 Å². The summed E-state index contributed by atoms with van der Waals surface area (Å²) in [5.74, 6) is 0.434. The lowest BCUT2D eigenvalue weighted by molar-refractivity contribution is -0.120. The van der Waals surface area contributed by atoms with Crippen LogP contribution in [0.5, 0.6) is 0 Å². The second-order valence-electron chi connectivity index (χ2n) is 4.87. The molecule has 0 unspecified atom stereocenters. The van der Waals surface area contributed by atoms with Gasteiger partial charge in [-0.3, -0.25) is 4.79 Å². The summed E-state index contributed by atoms with van der Waals surface area (Å²) in [5.41, 5.74) is 2.23. The fourth-order valence-corrected chi connectivity index (χ4v) is 2.43. The molecule has 0 atom stereocenters. The van der Waals surface area contributed by atoms with Gasteiger partial charge in [0.25, 0.3) is 0 Å². The van der Waals surface area contributed by atoms with E-state index >= 15 is 0 Å². The molecule has 2 nitrogen and oxygen atoms in total. The minimum Gasteiger partial charge on any atom is -0.326 e. The Morgan fingerprint density at radius 2 is 1.82 bits per heavy atom. The van der Waals surface area contributed by atoms with Crippen LogP contribution in [0.1, 0.15) is 44.6 Å². The van der Waals surface area contributed by atoms with Gasteiger partial charge in [0.1, 0.15) is 0 Å². The smallest absolute Gasteiger partial charge is 0.227 e. The lowest BCUT2D eigenvalue weighted by Crippen LogP contribution is -2.24. The third-order valence-corrected chi connectivity index (χ3v) is 3.61. The Kier molecular flexibility index (Phi) is 4.18. The van der Waals surface area contributed by atoms with Crippen LogP contribution in [0.4, 0.5) is 5.69 Å². The molecule has 2 rings (SSSR count). The van der Waals surface area contributed by atoms with Crippen LogP contribution in [0.25, 0.3) is 0 Å². The molecular weight excluding hydrogens is 210 g/mol. The first-order valence-electron chi connectivity index (χ1n) is 6.69. The molecule has 0 aliphatic heterocycles. The summed E-state index contributed by atoms with van der Waals surface area (Å²) in [4.78, 5) is 12.0. The van der Waals surface area contributed by atoms with Crippen LogP contribution in [0, 0.1) is 5.92 Å². The Bertz CT molecular complexity index is 363. The first-order valence-corrected chi connectivity index (χ1v) is 6.69. The zero-order valence-electron chi connectivity index (χ0n) is 10.5. The van der Waals surface area contributed by atoms with E-state index in [2.05, 4.69) is 24.4 Å². The Labute approximate surface area is 103 Å². The first kappa shape index (κ1) is 12.2. The third kappa shape index (κ3) is 3.32. The van der Waals surface area contributed by atoms with E-state index in [0.717, 1.165) is 24.9 Å². The predicted molar refractivity (Wildman–Crippen MR) is 71.0 cm³/mol. The van der Waals surface area contributed by atoms with Crippen LogP contribution in [-0.4, -0.2) is 5.91 Å². The summed E-state index contributed by atoms with van der Waals surface area (Å²) >= 11 is 0. The second-order valence-corrected chi connectivity index (χ2v) is 4.87. The number of aryl methyl sites for hydroxylation is 1. The molecule has 1 aliphatic carbocycles. The van der Waals surface area contributed by atoms with Crippen LogP contribution in [0.15, 0.2) is 24.3 Å². The van der Waals surface area contributed by atoms with Crippen molar-refractivity contribution >= 4 is 11.6 Å². The van der Waals surface area contributed by atoms with E-state index in [1.165, 1.54) is 24.8 Å². The van der Waals surface area contributed by atoms with E-state index < -0.39 is 0 Å². The molecule has 0 spiro atoms. The van der Waals surface area contributed by atoms with Gasteiger partial charge in [0.15, 0.2) is 0 Å². The molecule has 1 aliphatic rings. The first-order chi connectivity index (χ1) is 8.29. The van der Waals surface area contributed by atoms with Crippen molar-refractivity contribution in [1.82, 2.24) is 0 Å². The number of carbonyl (C=O) groups is 1. The molecule has 1 saturated carbocycles. The van der Waals surface area contributed by atoms with E-state index in [0.29, 0.717) is 0 Å². The van der Waals surface area contributed by atoms with Gasteiger partial charge in [0.2, 0.25) is 5.91 Å². The molecule has 2 heteroatoms. The highest BCUT2D eigenvalue weighted by atomic mass is 16.1. The van der Waals surface area contributed by atoms with E-state index in [1.807, 2.05) is 12.1 Å². The number of nitrogens with one attached hydrogen (secondary N) is 1. The van der Waals surface area contributed by atoms with E-state index in [4.69, 9.17) is 0 Å². The Balaban J connectivity index is 1.92. The minimum atomic E-state index is 0.203. The minimum absolute atomic E-state index is 0.203. The Morgan fingerprint density at radius 3 is 2.41 bits per heavy atom. The standard InChI is InChI=1S/C15H21NO/c1-2-12-8-10-14(11-9-12)16-15(17)13-6-4-3-5-7-13/h8-11,13H,2-7H2,1H3,(H,16,17). The maximum absolute atomic E-state index is 12.0. The van der Waals surface area contributed by atoms with Gasteiger partial charge in [-0.1, -0.05) is 38.3 Å². The lowest BCUT2D eigenvalue weighted by atomic mass is 9.88. The molecule has 0 saturated heterocycles. The van der Waals surface area contributed by atoms with Gasteiger partial charge in [-0.25, -0.2) is 0 Å². The number of hydrogen-bond donors (Lipinski definition) is 1. The van der Waals surface area contributed by atoms with Crippen LogP contribution in [0.2, 0.25) is 0 Å². The van der Waals surface area contributed by atoms with Crippen LogP contribution in [-0.2, 0) is 11.2 Å². The molecule has 1 aromatic rings. The highest BCUT2D eigenvalue weighted by Crippen LogP contribution is 2.25. The molecule has 0 radical (unpaired) electrons. The third-order valence-electron chi connectivity index (χ3n) is 3.61. The second kappa shape index (κ2) is 5.85. The average molecular weight is 231 g/mol. The lowest BCUT2D eigenvalue weighted by Gasteiger charge is -2.20. The summed E-state index contributed by atoms with van der Waals surface area (Å²) in [6.45, 7) is 2.13. The van der Waals surface area contributed by atoms with Gasteiger partial charge in [0, 0.05) is 11.6 Å². The van der Waals surface area contributed by atoms with Crippen molar-refractivity contribution in [1.29, 1.82) is 0 Å². The van der Waals surface area contributed by atoms with E-state index in [9.17, 15) is 4.79 Å². The maximum Gasteiger partial charge on any atom is 0.227 e. The van der Waals surface area contributed by atoms with E-state index in [-0.39, 0.29) is 11.8 Å². The van der Waals surface area contributed by atoms with E-state index in [1.54, 1.807) is 0 Å². The van der Waals surface area contributed by atoms with Gasteiger partial charge in [-0.05, 0) is 37.0 Å². The number of hydrogen-bond acceptors (Lipinski definition) is 1. The number of anilines is 1. The maximum atomic E-state index is 12.0. The van der Waals surface area contributed by atoms with Gasteiger partial charge >= 0.3 is 0 Å². The highest BCUT2D eigenvalue weighted by Gasteiger charge is 2.20. The molecule has 0 bridgehead atoms. The van der Waals surface area contributed by atoms with Gasteiger partial charge < -0.3 is 5.32 Å². The van der Waals surface area contributed by atoms with Crippen molar-refractivity contribution in [2.75, 3.05) is 5.32 Å². The van der Waals surface area contributed by atoms with Crippen molar-refractivity contribution in [3.63, 3.8) is 0 Å². The number of amides is 1. The molecule has 1 N–H and O–H groups in total. The highest BCUT2D eigenvalue weighted by molar-refractivity contribution is 5.92. The summed E-state index contributed by atoms with van der Waals surface area (Å²) in [6, 6.07) is 8.16. The zero-order valence-corrected chi connectivity index (χ0v) is 10.5. The quantitative estimate of drug-likeness (QED) is 0.843. The molecule has 92 valence electrons. The molecule has 1 aromatic carbocycles. The number of rotatable bonds is 3. The SMILES string of the molecule is CCc1ccc(NC(=O)C2CCCCC2)cc1. The van der Waals surface area contributed by atoms with Crippen molar-refractivity contribution in [2.24, 2.45) is 5.92 Å². The van der Waals surface area contributed by atoms with Crippen LogP contribution < -0.4 is 5.32 Å². The van der Waals surface area contributed by atoms with Crippen LogP contribution >= 0.6 is 0 Å². The fraction of sp³-hybridized carbons (Fsp3) is 0.533. The van der Waals surface area contributed by atoms with Crippen molar-refractivity contribution < 1.29 is 4.79 Å². The summed E-state index contributed by atoms with van der Waals surface area (Å²) in [5, 5.41) is 3.02. The van der Waals surface area contributed by atoms with Crippen molar-refractivity contribution in [2.45, 2.75) is 45.4 Å². The molecule has 17 heavy (non-hydrogen) atoms. The Hall–Kier alpha value is -1.31. The van der Waals surface area contributed by atoms with Crippen molar-refractivity contribution in [3.05, 3.63) is 29.8 Å². The largest absolute Gasteiger partial charge is 0.326 e. The summed E-state index contributed by atoms with van der Waals surface area (Å²) in [7, 11) is 0. The molecule has 0 aromatic heterocycles. The van der Waals surface area contributed by atoms with Gasteiger partial charge in [0.05, 0.1) is 0 Å². The molecule has 1 amide bonds. The zero-order chi connectivity index (χ0) is 12.1. The fourth-order valence-electron chi connectivity index (χ4n) is 2.43. The molecular formula is C15H21NO. The van der Waals surface area contributed by atoms with Gasteiger partial charge in [-0.2, -0.15) is 0 Å². The number of benzene rings is 1. The Morgan fingerprint density at radius 1 is 1.18 bits per heavy atom.